The molecular weight excluding hydrogens is 340 g/mol. The van der Waals surface area contributed by atoms with E-state index in [0.717, 1.165) is 25.7 Å². The van der Waals surface area contributed by atoms with Crippen molar-refractivity contribution in [1.82, 2.24) is 20.9 Å². The average Bonchev–Trinajstić information content (AvgIpc) is 3.18. The van der Waals surface area contributed by atoms with E-state index in [1.807, 2.05) is 0 Å². The second-order valence-electron chi connectivity index (χ2n) is 5.82. The van der Waals surface area contributed by atoms with E-state index in [1.54, 1.807) is 26.0 Å². The second kappa shape index (κ2) is 10.1. The molecule has 0 aliphatic rings. The van der Waals surface area contributed by atoms with E-state index in [9.17, 15) is 9.59 Å². The summed E-state index contributed by atoms with van der Waals surface area (Å²) in [5, 5.41) is 18.0. The third-order valence-electron chi connectivity index (χ3n) is 3.41. The molecule has 0 bridgehead atoms. The Kier molecular flexibility index (Phi) is 7.47. The average molecular weight is 364 g/mol. The first kappa shape index (κ1) is 19.3. The molecule has 10 heteroatoms. The minimum Gasteiger partial charge on any atom is -0.360 e. The lowest BCUT2D eigenvalue weighted by Gasteiger charge is -2.06. The van der Waals surface area contributed by atoms with E-state index < -0.39 is 0 Å². The lowest BCUT2D eigenvalue weighted by atomic mass is 10.2. The van der Waals surface area contributed by atoms with Crippen molar-refractivity contribution < 1.29 is 18.6 Å². The van der Waals surface area contributed by atoms with E-state index in [4.69, 9.17) is 9.05 Å². The van der Waals surface area contributed by atoms with Crippen LogP contribution in [0.15, 0.2) is 21.2 Å². The van der Waals surface area contributed by atoms with Crippen LogP contribution in [-0.2, 0) is 0 Å². The summed E-state index contributed by atoms with van der Waals surface area (Å²) in [6.45, 7) is 4.65. The van der Waals surface area contributed by atoms with Crippen molar-refractivity contribution in [3.05, 3.63) is 23.7 Å². The highest BCUT2D eigenvalue weighted by atomic mass is 16.5. The van der Waals surface area contributed by atoms with E-state index in [1.165, 1.54) is 0 Å². The van der Waals surface area contributed by atoms with E-state index in [-0.39, 0.29) is 12.1 Å². The van der Waals surface area contributed by atoms with Gasteiger partial charge in [0.2, 0.25) is 0 Å². The number of nitrogens with zero attached hydrogens (tertiary/aromatic N) is 2. The minimum atomic E-state index is -0.306. The summed E-state index contributed by atoms with van der Waals surface area (Å²) in [4.78, 5) is 23.2. The van der Waals surface area contributed by atoms with Crippen molar-refractivity contribution in [2.45, 2.75) is 39.5 Å². The number of anilines is 2. The third-order valence-corrected chi connectivity index (χ3v) is 3.41. The van der Waals surface area contributed by atoms with Crippen molar-refractivity contribution in [3.8, 4) is 0 Å². The summed E-state index contributed by atoms with van der Waals surface area (Å²) >= 11 is 0. The molecule has 4 N–H and O–H groups in total. The summed E-state index contributed by atoms with van der Waals surface area (Å²) < 4.78 is 9.72. The number of amides is 4. The van der Waals surface area contributed by atoms with Gasteiger partial charge in [0.25, 0.3) is 0 Å². The third kappa shape index (κ3) is 7.24. The Balaban J connectivity index is 1.43. The zero-order valence-electron chi connectivity index (χ0n) is 14.9. The molecule has 2 aromatic heterocycles. The standard InChI is InChI=1S/C16H24N6O4/c1-11-9-13(21-25-11)19-15(23)17-7-5-3-4-6-8-18-16(24)20-14-10-12(2)26-22-14/h9-10H,3-8H2,1-2H3,(H2,17,19,21,23)(H2,18,20,22,24). The lowest BCUT2D eigenvalue weighted by Crippen LogP contribution is -2.30. The molecule has 0 unspecified atom stereocenters. The first-order chi connectivity index (χ1) is 12.5. The highest BCUT2D eigenvalue weighted by molar-refractivity contribution is 5.88. The minimum absolute atomic E-state index is 0.306. The van der Waals surface area contributed by atoms with Gasteiger partial charge in [-0.2, -0.15) is 0 Å². The summed E-state index contributed by atoms with van der Waals surface area (Å²) in [5.74, 6) is 2.06. The van der Waals surface area contributed by atoms with Gasteiger partial charge >= 0.3 is 12.1 Å². The molecule has 0 aromatic carbocycles. The molecule has 10 nitrogen and oxygen atoms in total. The van der Waals surface area contributed by atoms with Crippen LogP contribution >= 0.6 is 0 Å². The van der Waals surface area contributed by atoms with Crippen molar-refractivity contribution in [3.63, 3.8) is 0 Å². The summed E-state index contributed by atoms with van der Waals surface area (Å²) in [7, 11) is 0. The van der Waals surface area contributed by atoms with Gasteiger partial charge in [0, 0.05) is 25.2 Å². The van der Waals surface area contributed by atoms with Crippen LogP contribution in [-0.4, -0.2) is 35.5 Å². The van der Waals surface area contributed by atoms with Gasteiger partial charge in [0.05, 0.1) is 0 Å². The van der Waals surface area contributed by atoms with Crippen LogP contribution in [0.1, 0.15) is 37.2 Å². The van der Waals surface area contributed by atoms with Crippen LogP contribution < -0.4 is 21.3 Å². The monoisotopic (exact) mass is 364 g/mol. The number of nitrogens with one attached hydrogen (secondary N) is 4. The van der Waals surface area contributed by atoms with Crippen LogP contribution in [0.4, 0.5) is 21.2 Å². The quantitative estimate of drug-likeness (QED) is 0.505. The van der Waals surface area contributed by atoms with Crippen LogP contribution in [0.3, 0.4) is 0 Å². The molecule has 2 aromatic rings. The zero-order valence-corrected chi connectivity index (χ0v) is 14.9. The highest BCUT2D eigenvalue weighted by Crippen LogP contribution is 2.07. The number of unbranched alkanes of at least 4 members (excludes halogenated alkanes) is 3. The summed E-state index contributed by atoms with van der Waals surface area (Å²) in [5.41, 5.74) is 0. The fourth-order valence-corrected chi connectivity index (χ4v) is 2.18. The summed E-state index contributed by atoms with van der Waals surface area (Å²) in [6.07, 6.45) is 3.62. The van der Waals surface area contributed by atoms with Gasteiger partial charge in [-0.25, -0.2) is 9.59 Å². The maximum Gasteiger partial charge on any atom is 0.320 e. The number of aromatic nitrogens is 2. The maximum atomic E-state index is 11.6. The first-order valence-electron chi connectivity index (χ1n) is 8.49. The van der Waals surface area contributed by atoms with Crippen LogP contribution in [0, 0.1) is 13.8 Å². The Morgan fingerprint density at radius 1 is 0.808 bits per heavy atom. The van der Waals surface area contributed by atoms with Crippen molar-refractivity contribution in [2.24, 2.45) is 0 Å². The van der Waals surface area contributed by atoms with Crippen LogP contribution in [0.25, 0.3) is 0 Å². The SMILES string of the molecule is Cc1cc(NC(=O)NCCCCCCNC(=O)Nc2cc(C)on2)no1. The molecule has 0 saturated heterocycles. The van der Waals surface area contributed by atoms with Gasteiger partial charge in [-0.05, 0) is 26.7 Å². The molecule has 4 amide bonds. The van der Waals surface area contributed by atoms with Crippen LogP contribution in [0.2, 0.25) is 0 Å². The molecule has 0 spiro atoms. The Hall–Kier alpha value is -3.04. The Labute approximate surface area is 151 Å². The number of aryl methyl sites for hydroxylation is 2. The van der Waals surface area contributed by atoms with Crippen molar-refractivity contribution >= 4 is 23.7 Å². The number of rotatable bonds is 9. The van der Waals surface area contributed by atoms with E-state index in [0.29, 0.717) is 36.2 Å². The van der Waals surface area contributed by atoms with Gasteiger partial charge in [-0.15, -0.1) is 0 Å². The Morgan fingerprint density at radius 2 is 1.23 bits per heavy atom. The number of carbonyl (C=O) groups is 2. The van der Waals surface area contributed by atoms with Gasteiger partial charge in [-0.1, -0.05) is 23.2 Å². The molecule has 0 radical (unpaired) electrons. The van der Waals surface area contributed by atoms with E-state index >= 15 is 0 Å². The smallest absolute Gasteiger partial charge is 0.320 e. The topological polar surface area (TPSA) is 134 Å². The largest absolute Gasteiger partial charge is 0.360 e. The zero-order chi connectivity index (χ0) is 18.8. The molecule has 0 fully saturated rings. The number of carbonyl (C=O) groups excluding carboxylic acids is 2. The van der Waals surface area contributed by atoms with Gasteiger partial charge in [-0.3, -0.25) is 10.6 Å². The van der Waals surface area contributed by atoms with Crippen molar-refractivity contribution in [2.75, 3.05) is 23.7 Å². The molecular formula is C16H24N6O4. The molecule has 0 aliphatic heterocycles. The van der Waals surface area contributed by atoms with Gasteiger partial charge < -0.3 is 19.7 Å². The fourth-order valence-electron chi connectivity index (χ4n) is 2.18. The van der Waals surface area contributed by atoms with Crippen molar-refractivity contribution in [1.29, 1.82) is 0 Å². The van der Waals surface area contributed by atoms with Gasteiger partial charge in [0.1, 0.15) is 11.5 Å². The predicted octanol–water partition coefficient (Wildman–Crippen LogP) is 2.78. The molecule has 0 saturated carbocycles. The van der Waals surface area contributed by atoms with E-state index in [2.05, 4.69) is 31.6 Å². The first-order valence-corrected chi connectivity index (χ1v) is 8.49. The fraction of sp³-hybridized carbons (Fsp3) is 0.500. The normalized spacial score (nSPS) is 10.4. The molecule has 142 valence electrons. The molecule has 2 rings (SSSR count). The maximum absolute atomic E-state index is 11.6. The number of hydrogen-bond acceptors (Lipinski definition) is 6. The lowest BCUT2D eigenvalue weighted by molar-refractivity contribution is 0.250. The Morgan fingerprint density at radius 3 is 1.58 bits per heavy atom. The number of hydrogen-bond donors (Lipinski definition) is 4. The molecule has 0 aliphatic carbocycles. The van der Waals surface area contributed by atoms with Gasteiger partial charge in [0.15, 0.2) is 11.6 Å². The second-order valence-corrected chi connectivity index (χ2v) is 5.82. The predicted molar refractivity (Wildman–Crippen MR) is 95.0 cm³/mol. The molecule has 26 heavy (non-hydrogen) atoms. The van der Waals surface area contributed by atoms with Crippen LogP contribution in [0.5, 0.6) is 0 Å². The summed E-state index contributed by atoms with van der Waals surface area (Å²) in [6, 6.07) is 2.68. The number of urea groups is 2. The Bertz CT molecular complexity index is 651. The molecule has 2 heterocycles. The highest BCUT2D eigenvalue weighted by Gasteiger charge is 2.06. The molecule has 0 atom stereocenters.